The second-order valence-electron chi connectivity index (χ2n) is 3.58. The zero-order chi connectivity index (χ0) is 10.3. The van der Waals surface area contributed by atoms with E-state index in [1.54, 1.807) is 7.05 Å². The van der Waals surface area contributed by atoms with Gasteiger partial charge in [0.15, 0.2) is 5.69 Å². The molecule has 1 aliphatic heterocycles. The highest BCUT2D eigenvalue weighted by atomic mass is 35.5. The number of hydrogen-bond donors (Lipinski definition) is 0. The summed E-state index contributed by atoms with van der Waals surface area (Å²) in [6, 6.07) is 5.64. The number of amidine groups is 1. The van der Waals surface area contributed by atoms with Gasteiger partial charge < -0.3 is 5.21 Å². The van der Waals surface area contributed by atoms with Gasteiger partial charge in [-0.1, -0.05) is 6.07 Å². The van der Waals surface area contributed by atoms with Gasteiger partial charge in [0.05, 0.1) is 7.05 Å². The largest absolute Gasteiger partial charge is 0.621 e. The smallest absolute Gasteiger partial charge is 0.223 e. The van der Waals surface area contributed by atoms with Crippen molar-refractivity contribution in [2.24, 2.45) is 4.99 Å². The van der Waals surface area contributed by atoms with Gasteiger partial charge in [-0.05, 0) is 18.6 Å². The van der Waals surface area contributed by atoms with E-state index in [0.717, 1.165) is 11.3 Å². The lowest BCUT2D eigenvalue weighted by molar-refractivity contribution is 0.670. The zero-order valence-corrected chi connectivity index (χ0v) is 8.88. The fourth-order valence-electron chi connectivity index (χ4n) is 1.60. The van der Waals surface area contributed by atoms with Crippen LogP contribution in [0.25, 0.3) is 0 Å². The van der Waals surface area contributed by atoms with Gasteiger partial charge in [-0.15, -0.1) is 11.6 Å². The molecule has 0 radical (unpaired) electrons. The fourth-order valence-corrected chi connectivity index (χ4v) is 1.89. The molecule has 1 aromatic carbocycles. The Morgan fingerprint density at radius 3 is 2.86 bits per heavy atom. The van der Waals surface area contributed by atoms with Gasteiger partial charge in [-0.2, -0.15) is 4.99 Å². The van der Waals surface area contributed by atoms with Crippen LogP contribution in [0.3, 0.4) is 0 Å². The first-order valence-electron chi connectivity index (χ1n) is 4.38. The quantitative estimate of drug-likeness (QED) is 0.399. The molecular weight excluding hydrogens is 200 g/mol. The molecule has 74 valence electrons. The number of benzene rings is 1. The van der Waals surface area contributed by atoms with E-state index in [-0.39, 0.29) is 5.88 Å². The second kappa shape index (κ2) is 3.05. The van der Waals surface area contributed by atoms with E-state index in [9.17, 15) is 5.21 Å². The molecule has 0 bridgehead atoms. The predicted octanol–water partition coefficient (Wildman–Crippen LogP) is 2.71. The van der Waals surface area contributed by atoms with Gasteiger partial charge in [-0.25, -0.2) is 0 Å². The first-order valence-corrected chi connectivity index (χ1v) is 4.92. The number of aliphatic imine (C=N–C) groups is 1. The summed E-state index contributed by atoms with van der Waals surface area (Å²) in [5.74, 6) is 0.626. The molecule has 1 atom stereocenters. The van der Waals surface area contributed by atoms with Crippen molar-refractivity contribution in [3.8, 4) is 0 Å². The Bertz CT molecular complexity index is 413. The van der Waals surface area contributed by atoms with Crippen LogP contribution in [-0.2, 0) is 0 Å². The third-order valence-electron chi connectivity index (χ3n) is 2.45. The maximum absolute atomic E-state index is 12.1. The topological polar surface area (TPSA) is 35.4 Å². The van der Waals surface area contributed by atoms with Crippen molar-refractivity contribution < 1.29 is 0 Å². The van der Waals surface area contributed by atoms with E-state index in [0.29, 0.717) is 11.5 Å². The SMILES string of the molecule is Cc1ccc2c(c1)N=C(CCl)[N+]2(C)[O-]. The first kappa shape index (κ1) is 9.65. The van der Waals surface area contributed by atoms with E-state index in [1.807, 2.05) is 25.1 Å². The summed E-state index contributed by atoms with van der Waals surface area (Å²) in [6.45, 7) is 1.98. The van der Waals surface area contributed by atoms with Crippen LogP contribution in [0.2, 0.25) is 0 Å². The molecule has 0 saturated heterocycles. The lowest BCUT2D eigenvalue weighted by atomic mass is 10.2. The molecule has 4 heteroatoms. The van der Waals surface area contributed by atoms with Crippen molar-refractivity contribution in [1.29, 1.82) is 0 Å². The van der Waals surface area contributed by atoms with Gasteiger partial charge in [0.2, 0.25) is 5.84 Å². The molecule has 0 N–H and O–H groups in total. The van der Waals surface area contributed by atoms with Crippen molar-refractivity contribution in [2.45, 2.75) is 6.92 Å². The summed E-state index contributed by atoms with van der Waals surface area (Å²) in [5, 5.41) is 12.1. The molecular formula is C10H11ClN2O. The maximum atomic E-state index is 12.1. The average molecular weight is 211 g/mol. The standard InChI is InChI=1S/C10H11ClN2O/c1-7-3-4-9-8(5-7)12-10(6-11)13(9,2)14/h3-5H,6H2,1-2H3. The van der Waals surface area contributed by atoms with E-state index in [2.05, 4.69) is 4.99 Å². The lowest BCUT2D eigenvalue weighted by Crippen LogP contribution is -2.43. The van der Waals surface area contributed by atoms with Crippen LogP contribution in [0, 0.1) is 12.1 Å². The molecule has 0 amide bonds. The summed E-state index contributed by atoms with van der Waals surface area (Å²) in [6.07, 6.45) is 0. The van der Waals surface area contributed by atoms with E-state index < -0.39 is 4.65 Å². The number of alkyl halides is 1. The van der Waals surface area contributed by atoms with Gasteiger partial charge in [0.1, 0.15) is 11.6 Å². The summed E-state index contributed by atoms with van der Waals surface area (Å²) in [5.41, 5.74) is 2.52. The molecule has 0 saturated carbocycles. The number of halogens is 1. The van der Waals surface area contributed by atoms with Gasteiger partial charge in [-0.3, -0.25) is 4.65 Å². The monoisotopic (exact) mass is 210 g/mol. The molecule has 3 nitrogen and oxygen atoms in total. The zero-order valence-electron chi connectivity index (χ0n) is 8.12. The Hall–Kier alpha value is -0.900. The molecule has 0 aliphatic carbocycles. The Morgan fingerprint density at radius 1 is 1.50 bits per heavy atom. The third-order valence-corrected chi connectivity index (χ3v) is 2.69. The van der Waals surface area contributed by atoms with Crippen molar-refractivity contribution in [2.75, 3.05) is 12.9 Å². The minimum absolute atomic E-state index is 0.174. The molecule has 0 fully saturated rings. The van der Waals surface area contributed by atoms with Crippen LogP contribution in [0.1, 0.15) is 5.56 Å². The highest BCUT2D eigenvalue weighted by molar-refractivity contribution is 6.30. The summed E-state index contributed by atoms with van der Waals surface area (Å²) in [7, 11) is 1.56. The van der Waals surface area contributed by atoms with Crippen LogP contribution in [0.5, 0.6) is 0 Å². The first-order chi connectivity index (χ1) is 6.55. The maximum Gasteiger partial charge on any atom is 0.223 e. The molecule has 1 aliphatic rings. The van der Waals surface area contributed by atoms with Crippen LogP contribution in [0.4, 0.5) is 11.4 Å². The number of aryl methyl sites for hydroxylation is 1. The van der Waals surface area contributed by atoms with Crippen molar-refractivity contribution in [3.05, 3.63) is 29.0 Å². The Labute approximate surface area is 87.8 Å². The predicted molar refractivity (Wildman–Crippen MR) is 60.1 cm³/mol. The Kier molecular flexibility index (Phi) is 2.10. The number of nitrogens with zero attached hydrogens (tertiary/aromatic N) is 2. The Balaban J connectivity index is 2.59. The number of rotatable bonds is 1. The summed E-state index contributed by atoms with van der Waals surface area (Å²) < 4.78 is -0.570. The van der Waals surface area contributed by atoms with E-state index >= 15 is 0 Å². The summed E-state index contributed by atoms with van der Waals surface area (Å²) >= 11 is 5.68. The van der Waals surface area contributed by atoms with E-state index in [1.165, 1.54) is 0 Å². The molecule has 1 aromatic rings. The van der Waals surface area contributed by atoms with Gasteiger partial charge in [0.25, 0.3) is 0 Å². The minimum atomic E-state index is -0.570. The summed E-state index contributed by atoms with van der Waals surface area (Å²) in [4.78, 5) is 4.23. The minimum Gasteiger partial charge on any atom is -0.621 e. The molecule has 2 rings (SSSR count). The highest BCUT2D eigenvalue weighted by Crippen LogP contribution is 2.39. The van der Waals surface area contributed by atoms with Crippen molar-refractivity contribution in [1.82, 2.24) is 4.65 Å². The molecule has 1 heterocycles. The molecule has 0 spiro atoms. The normalized spacial score (nSPS) is 24.7. The average Bonchev–Trinajstić information content (AvgIpc) is 2.37. The van der Waals surface area contributed by atoms with Crippen LogP contribution in [-0.4, -0.2) is 18.8 Å². The van der Waals surface area contributed by atoms with Crippen LogP contribution in [0.15, 0.2) is 23.2 Å². The number of fused-ring (bicyclic) bond motifs is 1. The second-order valence-corrected chi connectivity index (χ2v) is 3.85. The lowest BCUT2D eigenvalue weighted by Gasteiger charge is -2.33. The molecule has 14 heavy (non-hydrogen) atoms. The van der Waals surface area contributed by atoms with Gasteiger partial charge in [0, 0.05) is 6.07 Å². The third kappa shape index (κ3) is 1.25. The van der Waals surface area contributed by atoms with Crippen molar-refractivity contribution in [3.63, 3.8) is 0 Å². The molecule has 0 aromatic heterocycles. The van der Waals surface area contributed by atoms with Crippen LogP contribution < -0.4 is 4.65 Å². The van der Waals surface area contributed by atoms with Gasteiger partial charge >= 0.3 is 0 Å². The number of hydrogen-bond acceptors (Lipinski definition) is 2. The highest BCUT2D eigenvalue weighted by Gasteiger charge is 2.31. The van der Waals surface area contributed by atoms with Crippen LogP contribution >= 0.6 is 11.6 Å². The van der Waals surface area contributed by atoms with E-state index in [4.69, 9.17) is 11.6 Å². The molecule has 1 unspecified atom stereocenters. The fraction of sp³-hybridized carbons (Fsp3) is 0.300. The van der Waals surface area contributed by atoms with Crippen molar-refractivity contribution >= 4 is 28.8 Å². The number of quaternary nitrogens is 1. The Morgan fingerprint density at radius 2 is 2.21 bits per heavy atom. The number of hydroxylamine groups is 2.